The third-order valence-electron chi connectivity index (χ3n) is 2.79. The van der Waals surface area contributed by atoms with E-state index in [2.05, 4.69) is 4.98 Å². The molecule has 4 nitrogen and oxygen atoms in total. The molecule has 0 spiro atoms. The Kier molecular flexibility index (Phi) is 3.84. The summed E-state index contributed by atoms with van der Waals surface area (Å²) in [6.45, 7) is 1.54. The first kappa shape index (κ1) is 14.8. The summed E-state index contributed by atoms with van der Waals surface area (Å²) in [5, 5.41) is 8.99. The van der Waals surface area contributed by atoms with Crippen molar-refractivity contribution in [1.82, 2.24) is 4.98 Å². The summed E-state index contributed by atoms with van der Waals surface area (Å²) < 4.78 is 42.5. The molecule has 21 heavy (non-hydrogen) atoms. The third kappa shape index (κ3) is 3.31. The Hall–Kier alpha value is -2.57. The number of pyridine rings is 1. The van der Waals surface area contributed by atoms with Gasteiger partial charge in [0.1, 0.15) is 5.75 Å². The van der Waals surface area contributed by atoms with Crippen LogP contribution in [0.2, 0.25) is 0 Å². The first-order valence-electron chi connectivity index (χ1n) is 5.83. The highest BCUT2D eigenvalue weighted by atomic mass is 19.4. The monoisotopic (exact) mass is 297 g/mol. The van der Waals surface area contributed by atoms with Crippen molar-refractivity contribution in [2.24, 2.45) is 0 Å². The van der Waals surface area contributed by atoms with Crippen LogP contribution in [0.3, 0.4) is 0 Å². The van der Waals surface area contributed by atoms with Crippen LogP contribution in [0.25, 0.3) is 0 Å². The largest absolute Gasteiger partial charge is 0.478 e. The Morgan fingerprint density at radius 2 is 1.95 bits per heavy atom. The van der Waals surface area contributed by atoms with Gasteiger partial charge in [0.2, 0.25) is 5.88 Å². The van der Waals surface area contributed by atoms with Gasteiger partial charge in [-0.25, -0.2) is 9.78 Å². The predicted molar refractivity (Wildman–Crippen MR) is 67.5 cm³/mol. The van der Waals surface area contributed by atoms with Crippen LogP contribution in [0, 0.1) is 6.92 Å². The van der Waals surface area contributed by atoms with E-state index in [9.17, 15) is 18.0 Å². The van der Waals surface area contributed by atoms with Crippen LogP contribution in [0.5, 0.6) is 11.6 Å². The molecule has 1 N–H and O–H groups in total. The molecule has 0 saturated carbocycles. The molecule has 0 aliphatic rings. The van der Waals surface area contributed by atoms with E-state index in [1.165, 1.54) is 18.2 Å². The number of carboxylic acids is 1. The zero-order chi connectivity index (χ0) is 15.6. The summed E-state index contributed by atoms with van der Waals surface area (Å²) in [4.78, 5) is 14.6. The van der Waals surface area contributed by atoms with Gasteiger partial charge in [0.15, 0.2) is 0 Å². The van der Waals surface area contributed by atoms with Crippen molar-refractivity contribution in [3.63, 3.8) is 0 Å². The lowest BCUT2D eigenvalue weighted by Gasteiger charge is -2.11. The highest BCUT2D eigenvalue weighted by molar-refractivity contribution is 5.90. The zero-order valence-electron chi connectivity index (χ0n) is 10.8. The average molecular weight is 297 g/mol. The van der Waals surface area contributed by atoms with E-state index in [0.29, 0.717) is 11.8 Å². The molecule has 1 aromatic heterocycles. The van der Waals surface area contributed by atoms with Gasteiger partial charge in [-0.15, -0.1) is 0 Å². The molecule has 0 amide bonds. The Morgan fingerprint density at radius 3 is 2.48 bits per heavy atom. The molecule has 0 unspecified atom stereocenters. The lowest BCUT2D eigenvalue weighted by Crippen LogP contribution is -2.05. The SMILES string of the molecule is Cc1c(Oc2ccc(C(F)(F)F)cn2)cccc1C(=O)O. The van der Waals surface area contributed by atoms with Gasteiger partial charge < -0.3 is 9.84 Å². The highest BCUT2D eigenvalue weighted by Gasteiger charge is 2.30. The molecule has 0 atom stereocenters. The first-order chi connectivity index (χ1) is 9.79. The van der Waals surface area contributed by atoms with E-state index in [-0.39, 0.29) is 17.2 Å². The van der Waals surface area contributed by atoms with Gasteiger partial charge in [-0.05, 0) is 25.1 Å². The Labute approximate surface area is 117 Å². The summed E-state index contributed by atoms with van der Waals surface area (Å²) >= 11 is 0. The fourth-order valence-corrected chi connectivity index (χ4v) is 1.68. The summed E-state index contributed by atoms with van der Waals surface area (Å²) in [6, 6.07) is 6.33. The van der Waals surface area contributed by atoms with Gasteiger partial charge in [0, 0.05) is 17.8 Å². The van der Waals surface area contributed by atoms with Crippen LogP contribution >= 0.6 is 0 Å². The van der Waals surface area contributed by atoms with Gasteiger partial charge in [-0.3, -0.25) is 0 Å². The summed E-state index contributed by atoms with van der Waals surface area (Å²) in [7, 11) is 0. The first-order valence-corrected chi connectivity index (χ1v) is 5.83. The van der Waals surface area contributed by atoms with E-state index in [4.69, 9.17) is 9.84 Å². The average Bonchev–Trinajstić information content (AvgIpc) is 2.40. The number of carbonyl (C=O) groups is 1. The fourth-order valence-electron chi connectivity index (χ4n) is 1.68. The Balaban J connectivity index is 2.27. The minimum atomic E-state index is -4.47. The van der Waals surface area contributed by atoms with Gasteiger partial charge in [-0.2, -0.15) is 13.2 Å². The minimum Gasteiger partial charge on any atom is -0.478 e. The number of aromatic nitrogens is 1. The number of hydrogen-bond donors (Lipinski definition) is 1. The summed E-state index contributed by atoms with van der Waals surface area (Å²) in [6.07, 6.45) is -3.81. The quantitative estimate of drug-likeness (QED) is 0.933. The minimum absolute atomic E-state index is 0.0476. The van der Waals surface area contributed by atoms with Crippen molar-refractivity contribution >= 4 is 5.97 Å². The van der Waals surface area contributed by atoms with E-state index in [0.717, 1.165) is 12.1 Å². The number of alkyl halides is 3. The molecule has 7 heteroatoms. The molecule has 0 bridgehead atoms. The number of halogens is 3. The van der Waals surface area contributed by atoms with Gasteiger partial charge in [0.05, 0.1) is 11.1 Å². The van der Waals surface area contributed by atoms with Gasteiger partial charge in [0.25, 0.3) is 0 Å². The molecule has 0 aliphatic carbocycles. The lowest BCUT2D eigenvalue weighted by molar-refractivity contribution is -0.137. The van der Waals surface area contributed by atoms with Crippen LogP contribution in [0.4, 0.5) is 13.2 Å². The molecule has 1 heterocycles. The van der Waals surface area contributed by atoms with Crippen LogP contribution < -0.4 is 4.74 Å². The molecule has 0 saturated heterocycles. The maximum atomic E-state index is 12.4. The fraction of sp³-hybridized carbons (Fsp3) is 0.143. The summed E-state index contributed by atoms with van der Waals surface area (Å²) in [5.74, 6) is -0.936. The normalized spacial score (nSPS) is 11.2. The predicted octanol–water partition coefficient (Wildman–Crippen LogP) is 3.90. The van der Waals surface area contributed by atoms with Crippen LogP contribution in [-0.2, 0) is 6.18 Å². The zero-order valence-corrected chi connectivity index (χ0v) is 10.8. The number of rotatable bonds is 3. The smallest absolute Gasteiger partial charge is 0.417 e. The summed E-state index contributed by atoms with van der Waals surface area (Å²) in [5.41, 5.74) is -0.461. The van der Waals surface area contributed by atoms with Crippen LogP contribution in [-0.4, -0.2) is 16.1 Å². The Bertz CT molecular complexity index is 666. The second-order valence-electron chi connectivity index (χ2n) is 4.22. The van der Waals surface area contributed by atoms with Gasteiger partial charge >= 0.3 is 12.1 Å². The molecular formula is C14H10F3NO3. The number of aromatic carboxylic acids is 1. The molecule has 2 rings (SSSR count). The standard InChI is InChI=1S/C14H10F3NO3/c1-8-10(13(19)20)3-2-4-11(8)21-12-6-5-9(7-18-12)14(15,16)17/h2-7H,1H3,(H,19,20). The highest BCUT2D eigenvalue weighted by Crippen LogP contribution is 2.31. The number of benzene rings is 1. The molecule has 1 aromatic carbocycles. The molecule has 0 fully saturated rings. The number of carboxylic acid groups (broad SMARTS) is 1. The maximum Gasteiger partial charge on any atom is 0.417 e. The van der Waals surface area contributed by atoms with Gasteiger partial charge in [-0.1, -0.05) is 6.07 Å². The number of hydrogen-bond acceptors (Lipinski definition) is 3. The number of ether oxygens (including phenoxy) is 1. The molecule has 0 radical (unpaired) electrons. The van der Waals surface area contributed by atoms with Crippen LogP contribution in [0.1, 0.15) is 21.5 Å². The lowest BCUT2D eigenvalue weighted by atomic mass is 10.1. The van der Waals surface area contributed by atoms with Crippen molar-refractivity contribution < 1.29 is 27.8 Å². The second kappa shape index (κ2) is 5.43. The third-order valence-corrected chi connectivity index (χ3v) is 2.79. The van der Waals surface area contributed by atoms with E-state index in [1.54, 1.807) is 6.92 Å². The van der Waals surface area contributed by atoms with E-state index >= 15 is 0 Å². The maximum absolute atomic E-state index is 12.4. The van der Waals surface area contributed by atoms with Crippen molar-refractivity contribution in [3.8, 4) is 11.6 Å². The molecule has 0 aliphatic heterocycles. The number of nitrogens with zero attached hydrogens (tertiary/aromatic N) is 1. The molecule has 2 aromatic rings. The van der Waals surface area contributed by atoms with Crippen LogP contribution in [0.15, 0.2) is 36.5 Å². The second-order valence-corrected chi connectivity index (χ2v) is 4.22. The molecule has 110 valence electrons. The topological polar surface area (TPSA) is 59.4 Å². The van der Waals surface area contributed by atoms with Crippen molar-refractivity contribution in [2.75, 3.05) is 0 Å². The van der Waals surface area contributed by atoms with E-state index < -0.39 is 17.7 Å². The molecular weight excluding hydrogens is 287 g/mol. The van der Waals surface area contributed by atoms with Crippen molar-refractivity contribution in [1.29, 1.82) is 0 Å². The Morgan fingerprint density at radius 1 is 1.24 bits per heavy atom. The van der Waals surface area contributed by atoms with E-state index in [1.807, 2.05) is 0 Å². The van der Waals surface area contributed by atoms with Crippen molar-refractivity contribution in [2.45, 2.75) is 13.1 Å². The van der Waals surface area contributed by atoms with Crippen molar-refractivity contribution in [3.05, 3.63) is 53.2 Å².